The molecule has 1 atom stereocenters. The van der Waals surface area contributed by atoms with Crippen molar-refractivity contribution in [2.45, 2.75) is 26.7 Å². The molecule has 3 aromatic carbocycles. The SMILES string of the molecule is Cc1ccc(-c2ccc(Cc3nnc(-c4ccc(N5CCC(C)C5)cc4)s3)cc2)cc1. The van der Waals surface area contributed by atoms with E-state index in [1.807, 2.05) is 0 Å². The van der Waals surface area contributed by atoms with Gasteiger partial charge in [0.15, 0.2) is 0 Å². The van der Waals surface area contributed by atoms with Gasteiger partial charge in [-0.15, -0.1) is 10.2 Å². The van der Waals surface area contributed by atoms with Gasteiger partial charge in [0, 0.05) is 30.8 Å². The molecule has 1 aromatic heterocycles. The van der Waals surface area contributed by atoms with Crippen molar-refractivity contribution in [3.63, 3.8) is 0 Å². The Kier molecular flexibility index (Phi) is 5.56. The van der Waals surface area contributed by atoms with Crippen molar-refractivity contribution in [1.82, 2.24) is 10.2 Å². The Balaban J connectivity index is 1.26. The first-order chi connectivity index (χ1) is 15.1. The summed E-state index contributed by atoms with van der Waals surface area (Å²) in [6, 6.07) is 26.3. The van der Waals surface area contributed by atoms with E-state index >= 15 is 0 Å². The highest BCUT2D eigenvalue weighted by molar-refractivity contribution is 7.14. The van der Waals surface area contributed by atoms with Crippen molar-refractivity contribution in [1.29, 1.82) is 0 Å². The van der Waals surface area contributed by atoms with E-state index in [1.165, 1.54) is 34.4 Å². The first-order valence-corrected chi connectivity index (χ1v) is 11.8. The topological polar surface area (TPSA) is 29.0 Å². The maximum atomic E-state index is 4.45. The van der Waals surface area contributed by atoms with Gasteiger partial charge in [0.05, 0.1) is 0 Å². The highest BCUT2D eigenvalue weighted by Crippen LogP contribution is 2.29. The smallest absolute Gasteiger partial charge is 0.147 e. The fraction of sp³-hybridized carbons (Fsp3) is 0.259. The predicted molar refractivity (Wildman–Crippen MR) is 131 cm³/mol. The molecular formula is C27H27N3S. The van der Waals surface area contributed by atoms with Crippen LogP contribution < -0.4 is 4.90 Å². The van der Waals surface area contributed by atoms with E-state index in [2.05, 4.69) is 102 Å². The van der Waals surface area contributed by atoms with Gasteiger partial charge in [-0.25, -0.2) is 0 Å². The van der Waals surface area contributed by atoms with Crippen LogP contribution in [0, 0.1) is 12.8 Å². The lowest BCUT2D eigenvalue weighted by Crippen LogP contribution is -2.18. The van der Waals surface area contributed by atoms with Crippen molar-refractivity contribution in [2.24, 2.45) is 5.92 Å². The third-order valence-electron chi connectivity index (χ3n) is 6.06. The summed E-state index contributed by atoms with van der Waals surface area (Å²) in [6.07, 6.45) is 2.10. The molecule has 0 N–H and O–H groups in total. The molecule has 4 heteroatoms. The van der Waals surface area contributed by atoms with Crippen LogP contribution in [0.15, 0.2) is 72.8 Å². The van der Waals surface area contributed by atoms with Crippen molar-refractivity contribution in [2.75, 3.05) is 18.0 Å². The second-order valence-electron chi connectivity index (χ2n) is 8.63. The van der Waals surface area contributed by atoms with Crippen LogP contribution >= 0.6 is 11.3 Å². The Bertz CT molecular complexity index is 1140. The molecule has 4 aromatic rings. The molecule has 1 saturated heterocycles. The van der Waals surface area contributed by atoms with E-state index < -0.39 is 0 Å². The molecule has 0 amide bonds. The van der Waals surface area contributed by atoms with Crippen LogP contribution in [-0.2, 0) is 6.42 Å². The molecular weight excluding hydrogens is 398 g/mol. The summed E-state index contributed by atoms with van der Waals surface area (Å²) < 4.78 is 0. The minimum Gasteiger partial charge on any atom is -0.371 e. The van der Waals surface area contributed by atoms with Gasteiger partial charge in [0.1, 0.15) is 10.0 Å². The molecule has 1 aliphatic heterocycles. The summed E-state index contributed by atoms with van der Waals surface area (Å²) in [5, 5.41) is 10.9. The van der Waals surface area contributed by atoms with Crippen LogP contribution in [0.5, 0.6) is 0 Å². The zero-order valence-corrected chi connectivity index (χ0v) is 18.9. The third kappa shape index (κ3) is 4.54. The van der Waals surface area contributed by atoms with Gasteiger partial charge in [-0.05, 0) is 60.2 Å². The summed E-state index contributed by atoms with van der Waals surface area (Å²) in [5.74, 6) is 0.788. The van der Waals surface area contributed by atoms with Gasteiger partial charge in [-0.1, -0.05) is 72.4 Å². The molecule has 1 fully saturated rings. The molecule has 0 radical (unpaired) electrons. The number of aromatic nitrogens is 2. The number of benzene rings is 3. The maximum absolute atomic E-state index is 4.45. The fourth-order valence-corrected chi connectivity index (χ4v) is 5.04. The number of anilines is 1. The Morgan fingerprint density at radius 2 is 1.48 bits per heavy atom. The molecule has 5 rings (SSSR count). The maximum Gasteiger partial charge on any atom is 0.147 e. The first-order valence-electron chi connectivity index (χ1n) is 11.0. The van der Waals surface area contributed by atoms with Crippen molar-refractivity contribution in [3.8, 4) is 21.7 Å². The number of nitrogens with zero attached hydrogens (tertiary/aromatic N) is 3. The lowest BCUT2D eigenvalue weighted by Gasteiger charge is -2.18. The van der Waals surface area contributed by atoms with Gasteiger partial charge in [-0.3, -0.25) is 0 Å². The monoisotopic (exact) mass is 425 g/mol. The normalized spacial score (nSPS) is 16.1. The molecule has 0 spiro atoms. The van der Waals surface area contributed by atoms with Gasteiger partial charge in [0.2, 0.25) is 0 Å². The van der Waals surface area contributed by atoms with Crippen molar-refractivity contribution >= 4 is 17.0 Å². The standard InChI is InChI=1S/C27H27N3S/c1-19-3-7-22(8-4-19)23-9-5-21(6-10-23)17-26-28-29-27(31-26)24-11-13-25(14-12-24)30-16-15-20(2)18-30/h3-14,20H,15-18H2,1-2H3. The zero-order chi connectivity index (χ0) is 21.2. The summed E-state index contributed by atoms with van der Waals surface area (Å²) in [4.78, 5) is 2.47. The molecule has 3 nitrogen and oxygen atoms in total. The van der Waals surface area contributed by atoms with Gasteiger partial charge >= 0.3 is 0 Å². The average Bonchev–Trinajstić information content (AvgIpc) is 3.44. The average molecular weight is 426 g/mol. The van der Waals surface area contributed by atoms with Crippen LogP contribution in [0.2, 0.25) is 0 Å². The Morgan fingerprint density at radius 3 is 2.13 bits per heavy atom. The van der Waals surface area contributed by atoms with E-state index in [0.29, 0.717) is 0 Å². The number of aryl methyl sites for hydroxylation is 1. The summed E-state index contributed by atoms with van der Waals surface area (Å²) >= 11 is 1.69. The van der Waals surface area contributed by atoms with E-state index in [9.17, 15) is 0 Å². The molecule has 1 aliphatic rings. The van der Waals surface area contributed by atoms with Gasteiger partial charge in [-0.2, -0.15) is 0 Å². The number of rotatable bonds is 5. The van der Waals surface area contributed by atoms with Crippen molar-refractivity contribution in [3.05, 3.63) is 88.9 Å². The Labute approximate surface area is 188 Å². The van der Waals surface area contributed by atoms with Crippen LogP contribution in [0.25, 0.3) is 21.7 Å². The molecule has 31 heavy (non-hydrogen) atoms. The highest BCUT2D eigenvalue weighted by atomic mass is 32.1. The molecule has 0 bridgehead atoms. The Hall–Kier alpha value is -2.98. The second kappa shape index (κ2) is 8.64. The minimum atomic E-state index is 0.788. The Morgan fingerprint density at radius 1 is 0.839 bits per heavy atom. The van der Waals surface area contributed by atoms with Crippen LogP contribution in [0.1, 0.15) is 29.5 Å². The number of hydrogen-bond acceptors (Lipinski definition) is 4. The summed E-state index contributed by atoms with van der Waals surface area (Å²) in [7, 11) is 0. The second-order valence-corrected chi connectivity index (χ2v) is 9.69. The van der Waals surface area contributed by atoms with E-state index in [4.69, 9.17) is 0 Å². The summed E-state index contributed by atoms with van der Waals surface area (Å²) in [5.41, 5.74) is 7.50. The van der Waals surface area contributed by atoms with Gasteiger partial charge in [0.25, 0.3) is 0 Å². The van der Waals surface area contributed by atoms with Gasteiger partial charge < -0.3 is 4.90 Å². The lowest BCUT2D eigenvalue weighted by molar-refractivity contribution is 0.659. The lowest BCUT2D eigenvalue weighted by atomic mass is 10.0. The molecule has 2 heterocycles. The highest BCUT2D eigenvalue weighted by Gasteiger charge is 2.19. The third-order valence-corrected chi connectivity index (χ3v) is 7.04. The molecule has 156 valence electrons. The predicted octanol–water partition coefficient (Wildman–Crippen LogP) is 6.62. The number of hydrogen-bond donors (Lipinski definition) is 0. The molecule has 1 unspecified atom stereocenters. The van der Waals surface area contributed by atoms with Crippen LogP contribution in [0.4, 0.5) is 5.69 Å². The van der Waals surface area contributed by atoms with Crippen LogP contribution in [-0.4, -0.2) is 23.3 Å². The van der Waals surface area contributed by atoms with Crippen LogP contribution in [0.3, 0.4) is 0 Å². The van der Waals surface area contributed by atoms with E-state index in [0.717, 1.165) is 41.0 Å². The quantitative estimate of drug-likeness (QED) is 0.360. The fourth-order valence-electron chi connectivity index (χ4n) is 4.16. The zero-order valence-electron chi connectivity index (χ0n) is 18.1. The first kappa shape index (κ1) is 20.0. The minimum absolute atomic E-state index is 0.788. The van der Waals surface area contributed by atoms with Crippen molar-refractivity contribution < 1.29 is 0 Å². The summed E-state index contributed by atoms with van der Waals surface area (Å²) in [6.45, 7) is 6.76. The van der Waals surface area contributed by atoms with E-state index in [1.54, 1.807) is 11.3 Å². The van der Waals surface area contributed by atoms with E-state index in [-0.39, 0.29) is 0 Å². The molecule has 0 aliphatic carbocycles. The largest absolute Gasteiger partial charge is 0.371 e. The molecule has 0 saturated carbocycles.